The van der Waals surface area contributed by atoms with E-state index in [9.17, 15) is 0 Å². The average Bonchev–Trinajstić information content (AvgIpc) is 3.59. The van der Waals surface area contributed by atoms with Crippen molar-refractivity contribution in [3.8, 4) is 0 Å². The Bertz CT molecular complexity index is 1940. The zero-order valence-electron chi connectivity index (χ0n) is 29.4. The molecular formula is C46H44Cl2GeHf-2. The third-order valence-electron chi connectivity index (χ3n) is 9.32. The van der Waals surface area contributed by atoms with Gasteiger partial charge >= 0.3 is 42.8 Å². The zero-order chi connectivity index (χ0) is 33.5. The Balaban J connectivity index is 0.000000196. The van der Waals surface area contributed by atoms with Gasteiger partial charge in [-0.25, -0.2) is 0 Å². The molecule has 0 nitrogen and oxygen atoms in total. The van der Waals surface area contributed by atoms with Crippen LogP contribution in [0.4, 0.5) is 0 Å². The van der Waals surface area contributed by atoms with Gasteiger partial charge in [0.05, 0.1) is 0 Å². The second-order valence-corrected chi connectivity index (χ2v) is 35.8. The molecule has 0 N–H and O–H groups in total. The minimum atomic E-state index is -0.194. The molecule has 4 heteroatoms. The second-order valence-electron chi connectivity index (χ2n) is 12.9. The molecule has 0 radical (unpaired) electrons. The Labute approximate surface area is 328 Å². The van der Waals surface area contributed by atoms with Crippen molar-refractivity contribution >= 4 is 31.6 Å². The smallest absolute Gasteiger partial charge is 1.00 e. The molecule has 4 aliphatic rings. The topological polar surface area (TPSA) is 0 Å². The Hall–Kier alpha value is -2.69. The van der Waals surface area contributed by atoms with E-state index >= 15 is 0 Å². The van der Waals surface area contributed by atoms with Gasteiger partial charge in [-0.2, -0.15) is 34.4 Å². The maximum absolute atomic E-state index is 3.56. The number of allylic oxidation sites excluding steroid dienone is 16. The van der Waals surface area contributed by atoms with E-state index in [-0.39, 0.29) is 34.9 Å². The molecule has 2 atom stereocenters. The van der Waals surface area contributed by atoms with Crippen molar-refractivity contribution in [2.75, 3.05) is 0 Å². The van der Waals surface area contributed by atoms with Gasteiger partial charge in [0.25, 0.3) is 0 Å². The predicted octanol–water partition coefficient (Wildman–Crippen LogP) is 6.57. The van der Waals surface area contributed by atoms with Crippen LogP contribution in [0.15, 0.2) is 167 Å². The van der Waals surface area contributed by atoms with Crippen molar-refractivity contribution in [1.29, 1.82) is 0 Å². The molecule has 0 spiro atoms. The summed E-state index contributed by atoms with van der Waals surface area (Å²) >= 11 is 1.52. The van der Waals surface area contributed by atoms with Crippen LogP contribution in [0.5, 0.6) is 0 Å². The SMILES string of the molecule is CCC1=[C-]C2=CC=CCC(c3cccc4ccccc34)C2=C1.CCC1=[C-]C2=CC=CCC(c3cccc4ccccc34)C2=C1.[CH3][Ge]([CH3])=[Hf+2].[Cl-].[Cl-]. The van der Waals surface area contributed by atoms with Gasteiger partial charge in [0.1, 0.15) is 0 Å². The largest absolute Gasteiger partial charge is 1.00 e. The maximum atomic E-state index is 3.56. The van der Waals surface area contributed by atoms with Crippen LogP contribution in [-0.4, -0.2) is 10.1 Å². The minimum absolute atomic E-state index is 0. The summed E-state index contributed by atoms with van der Waals surface area (Å²) < 4.78 is 0. The molecule has 0 fully saturated rings. The summed E-state index contributed by atoms with van der Waals surface area (Å²) in [7, 11) is -0.194. The number of fused-ring (bicyclic) bond motifs is 4. The normalized spacial score (nSPS) is 18.4. The Morgan fingerprint density at radius 3 is 1.38 bits per heavy atom. The molecular weight excluding hydrogens is 875 g/mol. The molecule has 0 saturated heterocycles. The van der Waals surface area contributed by atoms with Crippen LogP contribution in [-0.2, 0) is 21.3 Å². The fourth-order valence-electron chi connectivity index (χ4n) is 7.04. The second kappa shape index (κ2) is 19.2. The molecule has 0 amide bonds. The summed E-state index contributed by atoms with van der Waals surface area (Å²) in [6, 6.07) is 30.7. The van der Waals surface area contributed by atoms with E-state index in [1.54, 1.807) is 0 Å². The van der Waals surface area contributed by atoms with Crippen LogP contribution in [0.1, 0.15) is 62.5 Å². The monoisotopic (exact) mass is 920 g/mol. The molecule has 4 aromatic rings. The van der Waals surface area contributed by atoms with Gasteiger partial charge in [-0.15, -0.1) is 47.6 Å². The Morgan fingerprint density at radius 1 is 0.600 bits per heavy atom. The molecule has 4 aromatic carbocycles. The van der Waals surface area contributed by atoms with E-state index in [1.807, 2.05) is 0 Å². The molecule has 0 aromatic heterocycles. The number of hydrogen-bond donors (Lipinski definition) is 0. The first-order valence-electron chi connectivity index (χ1n) is 17.4. The molecule has 0 saturated carbocycles. The average molecular weight is 919 g/mol. The molecule has 0 aliphatic heterocycles. The van der Waals surface area contributed by atoms with E-state index in [2.05, 4.69) is 171 Å². The van der Waals surface area contributed by atoms with Crippen LogP contribution >= 0.6 is 0 Å². The summed E-state index contributed by atoms with van der Waals surface area (Å²) in [6.45, 7) is 4.40. The van der Waals surface area contributed by atoms with Gasteiger partial charge in [0, 0.05) is 0 Å². The standard InChI is InChI=1S/2C22H19.C2H6Ge.2ClH.Hf/c2*1-2-16-14-18-9-4-6-12-21(22(18)15-16)20-13-7-10-17-8-3-5-11-19(17)20;1-3-2;;;/h2*3-11,13,15,21H,2,12H2,1H3;1-2H3;2*1H;/q2*-1;;;;+2/p-2. The first-order chi connectivity index (χ1) is 23.5. The fraction of sp³-hybridized carbons (Fsp3) is 0.217. The van der Waals surface area contributed by atoms with Gasteiger partial charge in [0.2, 0.25) is 0 Å². The quantitative estimate of drug-likeness (QED) is 0.161. The third-order valence-corrected chi connectivity index (χ3v) is 9.32. The van der Waals surface area contributed by atoms with Gasteiger partial charge < -0.3 is 24.8 Å². The first-order valence-corrected chi connectivity index (χ1v) is 31.9. The van der Waals surface area contributed by atoms with E-state index in [0.717, 1.165) is 25.7 Å². The van der Waals surface area contributed by atoms with E-state index in [0.29, 0.717) is 11.8 Å². The fourth-order valence-corrected chi connectivity index (χ4v) is 7.04. The van der Waals surface area contributed by atoms with Crippen molar-refractivity contribution in [3.05, 3.63) is 190 Å². The van der Waals surface area contributed by atoms with Crippen molar-refractivity contribution in [2.24, 2.45) is 0 Å². The van der Waals surface area contributed by atoms with E-state index in [1.165, 1.54) is 87.4 Å². The van der Waals surface area contributed by atoms with Crippen LogP contribution in [0.2, 0.25) is 11.5 Å². The zero-order valence-corrected chi connectivity index (χ0v) is 36.6. The van der Waals surface area contributed by atoms with Crippen LogP contribution in [0.25, 0.3) is 21.5 Å². The van der Waals surface area contributed by atoms with Gasteiger partial charge in [-0.3, -0.25) is 0 Å². The maximum Gasteiger partial charge on any atom is -1.00 e. The van der Waals surface area contributed by atoms with Crippen molar-refractivity contribution in [1.82, 2.24) is 0 Å². The molecule has 8 rings (SSSR count). The van der Waals surface area contributed by atoms with Gasteiger partial charge in [-0.05, 0) is 70.2 Å². The summed E-state index contributed by atoms with van der Waals surface area (Å²) in [4.78, 5) is 0. The molecule has 252 valence electrons. The van der Waals surface area contributed by atoms with Crippen LogP contribution < -0.4 is 24.8 Å². The number of hydrogen-bond acceptors (Lipinski definition) is 0. The summed E-state index contributed by atoms with van der Waals surface area (Å²) in [5, 5.41) is 5.39. The summed E-state index contributed by atoms with van der Waals surface area (Å²) in [5.74, 6) is 5.64. The molecule has 50 heavy (non-hydrogen) atoms. The van der Waals surface area contributed by atoms with Crippen molar-refractivity contribution < 1.29 is 46.1 Å². The Morgan fingerprint density at radius 2 is 0.980 bits per heavy atom. The number of benzene rings is 4. The summed E-state index contributed by atoms with van der Waals surface area (Å²) in [5.41, 5.74) is 10.9. The first kappa shape index (κ1) is 40.1. The Kier molecular flexibility index (Phi) is 15.4. The minimum Gasteiger partial charge on any atom is -1.00 e. The number of rotatable bonds is 4. The van der Waals surface area contributed by atoms with Crippen LogP contribution in [0, 0.1) is 12.2 Å². The molecule has 4 aliphatic carbocycles. The van der Waals surface area contributed by atoms with Gasteiger partial charge in [0.15, 0.2) is 0 Å². The molecule has 2 unspecified atom stereocenters. The van der Waals surface area contributed by atoms with Gasteiger partial charge in [-0.1, -0.05) is 111 Å². The van der Waals surface area contributed by atoms with E-state index in [4.69, 9.17) is 0 Å². The summed E-state index contributed by atoms with van der Waals surface area (Å²) in [6.07, 6.45) is 29.4. The predicted molar refractivity (Wildman–Crippen MR) is 205 cm³/mol. The van der Waals surface area contributed by atoms with Crippen molar-refractivity contribution in [2.45, 2.75) is 62.9 Å². The van der Waals surface area contributed by atoms with Crippen LogP contribution in [0.3, 0.4) is 0 Å². The van der Waals surface area contributed by atoms with E-state index < -0.39 is 0 Å². The number of halogens is 2. The molecule has 0 heterocycles. The molecule has 0 bridgehead atoms. The third kappa shape index (κ3) is 9.40. The van der Waals surface area contributed by atoms with Crippen molar-refractivity contribution in [3.63, 3.8) is 0 Å².